The minimum atomic E-state index is -0.872. The molecular weight excluding hydrogens is 239 g/mol. The lowest BCUT2D eigenvalue weighted by molar-refractivity contribution is -0.386. The van der Waals surface area contributed by atoms with Crippen molar-refractivity contribution in [2.45, 2.75) is 31.3 Å². The van der Waals surface area contributed by atoms with Gasteiger partial charge in [-0.25, -0.2) is 0 Å². The van der Waals surface area contributed by atoms with E-state index in [4.69, 9.17) is 0 Å². The Morgan fingerprint density at radius 3 is 2.72 bits per heavy atom. The van der Waals surface area contributed by atoms with E-state index in [0.29, 0.717) is 12.8 Å². The average Bonchev–Trinajstić information content (AvgIpc) is 2.73. The fourth-order valence-electron chi connectivity index (χ4n) is 2.31. The van der Waals surface area contributed by atoms with Crippen molar-refractivity contribution in [1.29, 1.82) is 0 Å². The summed E-state index contributed by atoms with van der Waals surface area (Å²) < 4.78 is 13.4. The van der Waals surface area contributed by atoms with Crippen LogP contribution in [0.2, 0.25) is 0 Å². The maximum Gasteiger partial charge on any atom is 0.327 e. The van der Waals surface area contributed by atoms with E-state index in [1.165, 1.54) is 12.1 Å². The Morgan fingerprint density at radius 1 is 1.44 bits per heavy atom. The SMILES string of the molecule is O=[N+]([O-])c1c(F)cccc1NCC1(O)CCCC1. The Kier molecular flexibility index (Phi) is 3.47. The van der Waals surface area contributed by atoms with Gasteiger partial charge in [-0.05, 0) is 25.0 Å². The molecule has 1 fully saturated rings. The van der Waals surface area contributed by atoms with E-state index in [2.05, 4.69) is 5.32 Å². The van der Waals surface area contributed by atoms with Gasteiger partial charge in [0.25, 0.3) is 0 Å². The van der Waals surface area contributed by atoms with E-state index in [0.717, 1.165) is 18.9 Å². The van der Waals surface area contributed by atoms with Gasteiger partial charge in [0, 0.05) is 6.54 Å². The van der Waals surface area contributed by atoms with Crippen molar-refractivity contribution in [3.05, 3.63) is 34.1 Å². The number of hydrogen-bond acceptors (Lipinski definition) is 4. The molecule has 0 unspecified atom stereocenters. The number of nitro benzene ring substituents is 1. The van der Waals surface area contributed by atoms with Gasteiger partial charge in [0.05, 0.1) is 10.5 Å². The fourth-order valence-corrected chi connectivity index (χ4v) is 2.31. The number of anilines is 1. The highest BCUT2D eigenvalue weighted by Crippen LogP contribution is 2.32. The van der Waals surface area contributed by atoms with Crippen molar-refractivity contribution < 1.29 is 14.4 Å². The molecule has 1 aliphatic carbocycles. The van der Waals surface area contributed by atoms with Gasteiger partial charge in [-0.1, -0.05) is 18.9 Å². The predicted molar refractivity (Wildman–Crippen MR) is 65.0 cm³/mol. The van der Waals surface area contributed by atoms with Gasteiger partial charge < -0.3 is 10.4 Å². The minimum absolute atomic E-state index is 0.111. The minimum Gasteiger partial charge on any atom is -0.388 e. The summed E-state index contributed by atoms with van der Waals surface area (Å²) in [6.45, 7) is 0.206. The number of nitrogens with one attached hydrogen (secondary N) is 1. The molecule has 0 aliphatic heterocycles. The summed E-state index contributed by atoms with van der Waals surface area (Å²) in [6, 6.07) is 3.90. The summed E-state index contributed by atoms with van der Waals surface area (Å²) in [4.78, 5) is 10.0. The number of nitro groups is 1. The second-order valence-electron chi connectivity index (χ2n) is 4.68. The van der Waals surface area contributed by atoms with E-state index in [1.54, 1.807) is 0 Å². The first-order valence-corrected chi connectivity index (χ1v) is 5.91. The monoisotopic (exact) mass is 254 g/mol. The van der Waals surface area contributed by atoms with Crippen molar-refractivity contribution in [1.82, 2.24) is 0 Å². The zero-order valence-corrected chi connectivity index (χ0v) is 9.86. The number of nitrogens with zero attached hydrogens (tertiary/aromatic N) is 1. The number of hydrogen-bond donors (Lipinski definition) is 2. The summed E-state index contributed by atoms with van der Waals surface area (Å²) >= 11 is 0. The Bertz CT molecular complexity index is 459. The summed E-state index contributed by atoms with van der Waals surface area (Å²) in [5.41, 5.74) is -1.29. The van der Waals surface area contributed by atoms with Crippen LogP contribution in [0.5, 0.6) is 0 Å². The molecule has 98 valence electrons. The summed E-state index contributed by atoms with van der Waals surface area (Å²) in [5, 5.41) is 23.7. The van der Waals surface area contributed by atoms with Gasteiger partial charge in [-0.2, -0.15) is 4.39 Å². The topological polar surface area (TPSA) is 75.4 Å². The zero-order chi connectivity index (χ0) is 13.2. The third-order valence-corrected chi connectivity index (χ3v) is 3.31. The van der Waals surface area contributed by atoms with Crippen molar-refractivity contribution in [3.63, 3.8) is 0 Å². The van der Waals surface area contributed by atoms with Crippen molar-refractivity contribution in [2.75, 3.05) is 11.9 Å². The Morgan fingerprint density at radius 2 is 2.11 bits per heavy atom. The van der Waals surface area contributed by atoms with Gasteiger partial charge in [-0.3, -0.25) is 10.1 Å². The Balaban J connectivity index is 2.14. The molecule has 0 atom stereocenters. The normalized spacial score (nSPS) is 17.7. The van der Waals surface area contributed by atoms with Crippen LogP contribution in [0.25, 0.3) is 0 Å². The lowest BCUT2D eigenvalue weighted by Gasteiger charge is -2.22. The average molecular weight is 254 g/mol. The maximum absolute atomic E-state index is 13.4. The van der Waals surface area contributed by atoms with Crippen LogP contribution < -0.4 is 5.32 Å². The van der Waals surface area contributed by atoms with Gasteiger partial charge in [0.15, 0.2) is 0 Å². The first kappa shape index (κ1) is 12.8. The first-order chi connectivity index (χ1) is 8.52. The molecule has 1 aromatic carbocycles. The lowest BCUT2D eigenvalue weighted by atomic mass is 10.0. The van der Waals surface area contributed by atoms with Crippen LogP contribution in [-0.2, 0) is 0 Å². The van der Waals surface area contributed by atoms with Crippen molar-refractivity contribution >= 4 is 11.4 Å². The van der Waals surface area contributed by atoms with Crippen LogP contribution in [0, 0.1) is 15.9 Å². The van der Waals surface area contributed by atoms with Crippen LogP contribution in [0.3, 0.4) is 0 Å². The molecule has 0 heterocycles. The number of rotatable bonds is 4. The molecule has 0 spiro atoms. The second kappa shape index (κ2) is 4.89. The van der Waals surface area contributed by atoms with Crippen molar-refractivity contribution in [2.24, 2.45) is 0 Å². The highest BCUT2D eigenvalue weighted by atomic mass is 19.1. The number of halogens is 1. The Hall–Kier alpha value is -1.69. The molecule has 1 aliphatic rings. The van der Waals surface area contributed by atoms with E-state index in [9.17, 15) is 19.6 Å². The molecule has 2 rings (SSSR count). The largest absolute Gasteiger partial charge is 0.388 e. The third kappa shape index (κ3) is 2.59. The molecule has 5 nitrogen and oxygen atoms in total. The molecule has 0 amide bonds. The fraction of sp³-hybridized carbons (Fsp3) is 0.500. The molecule has 0 bridgehead atoms. The molecule has 0 aromatic heterocycles. The standard InChI is InChI=1S/C12H15FN2O3/c13-9-4-3-5-10(11(9)15(17)18)14-8-12(16)6-1-2-7-12/h3-5,14,16H,1-2,6-8H2. The van der Waals surface area contributed by atoms with Gasteiger partial charge in [0.2, 0.25) is 5.82 Å². The van der Waals surface area contributed by atoms with Crippen molar-refractivity contribution in [3.8, 4) is 0 Å². The highest BCUT2D eigenvalue weighted by Gasteiger charge is 2.31. The van der Waals surface area contributed by atoms with Crippen LogP contribution in [-0.4, -0.2) is 22.2 Å². The van der Waals surface area contributed by atoms with Gasteiger partial charge in [-0.15, -0.1) is 0 Å². The van der Waals surface area contributed by atoms with E-state index in [1.807, 2.05) is 0 Å². The van der Waals surface area contributed by atoms with Crippen LogP contribution >= 0.6 is 0 Å². The molecule has 6 heteroatoms. The number of aliphatic hydroxyl groups is 1. The van der Waals surface area contributed by atoms with E-state index < -0.39 is 22.0 Å². The van der Waals surface area contributed by atoms with Gasteiger partial charge >= 0.3 is 5.69 Å². The quantitative estimate of drug-likeness (QED) is 0.639. The third-order valence-electron chi connectivity index (χ3n) is 3.31. The Labute approximate surface area is 104 Å². The summed E-state index contributed by atoms with van der Waals surface area (Å²) in [6.07, 6.45) is 3.24. The molecule has 2 N–H and O–H groups in total. The summed E-state index contributed by atoms with van der Waals surface area (Å²) in [5.74, 6) is -0.872. The highest BCUT2D eigenvalue weighted by molar-refractivity contribution is 5.62. The van der Waals surface area contributed by atoms with Crippen LogP contribution in [0.1, 0.15) is 25.7 Å². The smallest absolute Gasteiger partial charge is 0.327 e. The maximum atomic E-state index is 13.4. The van der Waals surface area contributed by atoms with E-state index in [-0.39, 0.29) is 12.2 Å². The first-order valence-electron chi connectivity index (χ1n) is 5.91. The van der Waals surface area contributed by atoms with Crippen LogP contribution in [0.4, 0.5) is 15.8 Å². The molecule has 18 heavy (non-hydrogen) atoms. The molecule has 0 radical (unpaired) electrons. The molecule has 1 aromatic rings. The zero-order valence-electron chi connectivity index (χ0n) is 9.86. The second-order valence-corrected chi connectivity index (χ2v) is 4.68. The number of benzene rings is 1. The van der Waals surface area contributed by atoms with Crippen LogP contribution in [0.15, 0.2) is 18.2 Å². The summed E-state index contributed by atoms with van der Waals surface area (Å²) in [7, 11) is 0. The molecular formula is C12H15FN2O3. The molecule has 0 saturated heterocycles. The van der Waals surface area contributed by atoms with Gasteiger partial charge in [0.1, 0.15) is 5.69 Å². The lowest BCUT2D eigenvalue weighted by Crippen LogP contribution is -2.33. The van der Waals surface area contributed by atoms with E-state index >= 15 is 0 Å². The number of para-hydroxylation sites is 1. The molecule has 1 saturated carbocycles. The predicted octanol–water partition coefficient (Wildman–Crippen LogP) is 2.45.